The largest absolute Gasteiger partial charge is 0.392 e. The van der Waals surface area contributed by atoms with E-state index in [1.165, 1.54) is 4.31 Å². The van der Waals surface area contributed by atoms with Crippen LogP contribution in [-0.4, -0.2) is 37.0 Å². The van der Waals surface area contributed by atoms with Gasteiger partial charge in [0, 0.05) is 19.6 Å². The van der Waals surface area contributed by atoms with Crippen molar-refractivity contribution in [1.82, 2.24) is 9.03 Å². The van der Waals surface area contributed by atoms with Crippen LogP contribution in [0.2, 0.25) is 0 Å². The lowest BCUT2D eigenvalue weighted by molar-refractivity contribution is 0.0763. The molecule has 1 fully saturated rings. The van der Waals surface area contributed by atoms with Crippen molar-refractivity contribution in [1.29, 1.82) is 0 Å². The van der Waals surface area contributed by atoms with Gasteiger partial charge in [-0.15, -0.1) is 0 Å². The quantitative estimate of drug-likeness (QED) is 0.782. The van der Waals surface area contributed by atoms with Crippen molar-refractivity contribution < 1.29 is 13.5 Å². The molecule has 1 aliphatic heterocycles. The maximum atomic E-state index is 12.5. The van der Waals surface area contributed by atoms with Gasteiger partial charge in [-0.1, -0.05) is 60.7 Å². The van der Waals surface area contributed by atoms with Crippen molar-refractivity contribution in [3.05, 3.63) is 71.8 Å². The number of rotatable bonds is 7. The molecule has 2 aromatic carbocycles. The van der Waals surface area contributed by atoms with E-state index in [0.717, 1.165) is 11.1 Å². The van der Waals surface area contributed by atoms with Gasteiger partial charge in [0.1, 0.15) is 0 Å². The van der Waals surface area contributed by atoms with Gasteiger partial charge in [-0.05, 0) is 36.3 Å². The van der Waals surface area contributed by atoms with Crippen LogP contribution in [0.5, 0.6) is 0 Å². The molecule has 1 aliphatic rings. The van der Waals surface area contributed by atoms with Gasteiger partial charge in [-0.3, -0.25) is 0 Å². The van der Waals surface area contributed by atoms with Crippen LogP contribution in [0.15, 0.2) is 60.7 Å². The van der Waals surface area contributed by atoms with Gasteiger partial charge in [-0.2, -0.15) is 17.4 Å². The minimum atomic E-state index is -3.49. The second kappa shape index (κ2) is 8.77. The Labute approximate surface area is 155 Å². The first-order valence-corrected chi connectivity index (χ1v) is 10.5. The smallest absolute Gasteiger partial charge is 0.279 e. The highest BCUT2D eigenvalue weighted by atomic mass is 32.2. The zero-order valence-electron chi connectivity index (χ0n) is 14.8. The third kappa shape index (κ3) is 5.14. The highest BCUT2D eigenvalue weighted by Gasteiger charge is 2.30. The minimum absolute atomic E-state index is 0.135. The lowest BCUT2D eigenvalue weighted by atomic mass is 9.89. The first-order valence-electron chi connectivity index (χ1n) is 9.05. The summed E-state index contributed by atoms with van der Waals surface area (Å²) in [7, 11) is -3.49. The highest BCUT2D eigenvalue weighted by Crippen LogP contribution is 2.24. The molecule has 0 saturated carbocycles. The van der Waals surface area contributed by atoms with E-state index in [1.807, 2.05) is 60.7 Å². The number of aliphatic hydroxyl groups excluding tert-OH is 1. The van der Waals surface area contributed by atoms with Crippen molar-refractivity contribution >= 4 is 10.2 Å². The molecule has 0 spiro atoms. The van der Waals surface area contributed by atoms with Crippen LogP contribution in [-0.2, 0) is 23.2 Å². The summed E-state index contributed by atoms with van der Waals surface area (Å²) in [4.78, 5) is 0. The molecule has 2 aromatic rings. The third-order valence-corrected chi connectivity index (χ3v) is 6.53. The van der Waals surface area contributed by atoms with E-state index in [4.69, 9.17) is 0 Å². The Bertz CT molecular complexity index is 773. The number of benzene rings is 2. The number of nitrogens with one attached hydrogen (secondary N) is 1. The van der Waals surface area contributed by atoms with Crippen LogP contribution in [0.1, 0.15) is 24.0 Å². The summed E-state index contributed by atoms with van der Waals surface area (Å²) in [6.07, 6.45) is 1.55. The number of nitrogens with zero attached hydrogens (tertiary/aromatic N) is 1. The van der Waals surface area contributed by atoms with E-state index in [2.05, 4.69) is 4.72 Å². The lowest BCUT2D eigenvalue weighted by Crippen LogP contribution is -2.46. The van der Waals surface area contributed by atoms with Gasteiger partial charge < -0.3 is 5.11 Å². The zero-order chi connectivity index (χ0) is 18.4. The highest BCUT2D eigenvalue weighted by molar-refractivity contribution is 7.87. The fourth-order valence-corrected chi connectivity index (χ4v) is 4.61. The predicted octanol–water partition coefficient (Wildman–Crippen LogP) is 2.34. The monoisotopic (exact) mass is 374 g/mol. The van der Waals surface area contributed by atoms with Gasteiger partial charge >= 0.3 is 0 Å². The second-order valence-electron chi connectivity index (χ2n) is 6.81. The molecule has 1 heterocycles. The number of piperidine rings is 1. The first-order chi connectivity index (χ1) is 12.5. The molecular formula is C20H26N2O3S. The van der Waals surface area contributed by atoms with Gasteiger partial charge in [0.15, 0.2) is 0 Å². The fraction of sp³-hybridized carbons (Fsp3) is 0.400. The molecule has 140 valence electrons. The summed E-state index contributed by atoms with van der Waals surface area (Å²) in [5.74, 6) is 0.135. The first kappa shape index (κ1) is 19.0. The molecule has 26 heavy (non-hydrogen) atoms. The molecule has 3 rings (SSSR count). The number of hydrogen-bond acceptors (Lipinski definition) is 3. The third-order valence-electron chi connectivity index (χ3n) is 4.97. The Kier molecular flexibility index (Phi) is 6.43. The Morgan fingerprint density at radius 2 is 1.50 bits per heavy atom. The van der Waals surface area contributed by atoms with Crippen LogP contribution in [0.4, 0.5) is 0 Å². The Morgan fingerprint density at radius 3 is 2.08 bits per heavy atom. The maximum absolute atomic E-state index is 12.5. The molecular weight excluding hydrogens is 348 g/mol. The summed E-state index contributed by atoms with van der Waals surface area (Å²) in [5.41, 5.74) is 2.05. The minimum Gasteiger partial charge on any atom is -0.392 e. The topological polar surface area (TPSA) is 69.6 Å². The number of aliphatic hydroxyl groups is 1. The lowest BCUT2D eigenvalue weighted by Gasteiger charge is -2.33. The molecule has 0 aromatic heterocycles. The molecule has 6 heteroatoms. The van der Waals surface area contributed by atoms with Crippen molar-refractivity contribution in [2.45, 2.75) is 31.9 Å². The van der Waals surface area contributed by atoms with E-state index >= 15 is 0 Å². The van der Waals surface area contributed by atoms with Crippen LogP contribution in [0.25, 0.3) is 0 Å². The fourth-order valence-electron chi connectivity index (χ4n) is 3.38. The molecule has 0 unspecified atom stereocenters. The van der Waals surface area contributed by atoms with Crippen molar-refractivity contribution in [2.75, 3.05) is 13.1 Å². The molecule has 1 atom stereocenters. The summed E-state index contributed by atoms with van der Waals surface area (Å²) in [6, 6.07) is 19.4. The van der Waals surface area contributed by atoms with E-state index in [0.29, 0.717) is 38.9 Å². The molecule has 0 aliphatic carbocycles. The molecule has 2 N–H and O–H groups in total. The molecule has 1 saturated heterocycles. The molecule has 5 nitrogen and oxygen atoms in total. The van der Waals surface area contributed by atoms with E-state index in [-0.39, 0.29) is 5.92 Å². The molecule has 0 radical (unpaired) electrons. The summed E-state index contributed by atoms with van der Waals surface area (Å²) >= 11 is 0. The average molecular weight is 375 g/mol. The average Bonchev–Trinajstić information content (AvgIpc) is 2.68. The molecule has 0 amide bonds. The standard InChI is InChI=1S/C20H26N2O3S/c23-20(15-17-7-3-1-4-8-17)19-11-13-22(14-12-19)26(24,25)21-16-18-9-5-2-6-10-18/h1-10,19-21,23H,11-16H2/t20-/m0/s1. The molecule has 0 bridgehead atoms. The van der Waals surface area contributed by atoms with Crippen LogP contribution in [0.3, 0.4) is 0 Å². The van der Waals surface area contributed by atoms with Crippen LogP contribution < -0.4 is 4.72 Å². The SMILES string of the molecule is O=S(=O)(NCc1ccccc1)N1CCC([C@@H](O)Cc2ccccc2)CC1. The zero-order valence-corrected chi connectivity index (χ0v) is 15.6. The van der Waals surface area contributed by atoms with E-state index < -0.39 is 16.3 Å². The van der Waals surface area contributed by atoms with Gasteiger partial charge in [0.05, 0.1) is 6.10 Å². The van der Waals surface area contributed by atoms with E-state index in [1.54, 1.807) is 0 Å². The summed E-state index contributed by atoms with van der Waals surface area (Å²) in [5, 5.41) is 10.5. The Morgan fingerprint density at radius 1 is 0.962 bits per heavy atom. The van der Waals surface area contributed by atoms with Crippen LogP contribution >= 0.6 is 0 Å². The van der Waals surface area contributed by atoms with Crippen LogP contribution in [0, 0.1) is 5.92 Å². The summed E-state index contributed by atoms with van der Waals surface area (Å²) < 4.78 is 29.1. The van der Waals surface area contributed by atoms with Gasteiger partial charge in [0.2, 0.25) is 0 Å². The van der Waals surface area contributed by atoms with Crippen molar-refractivity contribution in [3.63, 3.8) is 0 Å². The predicted molar refractivity (Wildman–Crippen MR) is 103 cm³/mol. The van der Waals surface area contributed by atoms with E-state index in [9.17, 15) is 13.5 Å². The second-order valence-corrected chi connectivity index (χ2v) is 8.56. The maximum Gasteiger partial charge on any atom is 0.279 e. The summed E-state index contributed by atoms with van der Waals surface area (Å²) in [6.45, 7) is 1.18. The number of hydrogen-bond donors (Lipinski definition) is 2. The van der Waals surface area contributed by atoms with Gasteiger partial charge in [0.25, 0.3) is 10.2 Å². The Hall–Kier alpha value is -1.73. The normalized spacial score (nSPS) is 17.9. The van der Waals surface area contributed by atoms with Gasteiger partial charge in [-0.25, -0.2) is 0 Å². The van der Waals surface area contributed by atoms with Crippen molar-refractivity contribution in [2.24, 2.45) is 5.92 Å². The Balaban J connectivity index is 1.49. The van der Waals surface area contributed by atoms with Crippen molar-refractivity contribution in [3.8, 4) is 0 Å².